The van der Waals surface area contributed by atoms with Crippen LogP contribution in [0.5, 0.6) is 0 Å². The van der Waals surface area contributed by atoms with Gasteiger partial charge in [-0.15, -0.1) is 0 Å². The second-order valence-electron chi connectivity index (χ2n) is 7.01. The molecule has 114 valence electrons. The summed E-state index contributed by atoms with van der Waals surface area (Å²) in [6, 6.07) is 8.65. The Balaban J connectivity index is 1.70. The topological polar surface area (TPSA) is 27.7 Å². The minimum Gasteiger partial charge on any atom is -0.399 e. The highest BCUT2D eigenvalue weighted by Crippen LogP contribution is 2.39. The lowest BCUT2D eigenvalue weighted by Crippen LogP contribution is -2.44. The summed E-state index contributed by atoms with van der Waals surface area (Å²) in [5.74, 6) is 0.692. The van der Waals surface area contributed by atoms with Crippen LogP contribution in [0.25, 0.3) is 0 Å². The molecule has 0 radical (unpaired) electrons. The average Bonchev–Trinajstić information content (AvgIpc) is 2.66. The van der Waals surface area contributed by atoms with Gasteiger partial charge in [0, 0.05) is 5.92 Å². The van der Waals surface area contributed by atoms with Crippen molar-refractivity contribution >= 4 is 12.6 Å². The maximum absolute atomic E-state index is 6.21. The van der Waals surface area contributed by atoms with Crippen molar-refractivity contribution in [2.45, 2.75) is 51.7 Å². The first-order valence-electron chi connectivity index (χ1n) is 7.96. The van der Waals surface area contributed by atoms with Gasteiger partial charge in [-0.2, -0.15) is 0 Å². The van der Waals surface area contributed by atoms with Gasteiger partial charge in [-0.25, -0.2) is 0 Å². The zero-order chi connectivity index (χ0) is 15.1. The fraction of sp³-hybridized carbons (Fsp3) is 0.647. The SMILES string of the molecule is CCC1(C)OB(c2ccc(CC3COC3)cc2)OC1(C)C. The van der Waals surface area contributed by atoms with Crippen LogP contribution in [0.4, 0.5) is 0 Å². The summed E-state index contributed by atoms with van der Waals surface area (Å²) in [7, 11) is -0.258. The normalized spacial score (nSPS) is 28.7. The van der Waals surface area contributed by atoms with Crippen molar-refractivity contribution < 1.29 is 14.0 Å². The summed E-state index contributed by atoms with van der Waals surface area (Å²) in [5, 5.41) is 0. The van der Waals surface area contributed by atoms with Crippen molar-refractivity contribution in [1.82, 2.24) is 0 Å². The zero-order valence-electron chi connectivity index (χ0n) is 13.5. The van der Waals surface area contributed by atoms with E-state index in [1.165, 1.54) is 5.56 Å². The lowest BCUT2D eigenvalue weighted by Gasteiger charge is -2.35. The highest BCUT2D eigenvalue weighted by molar-refractivity contribution is 6.62. The van der Waals surface area contributed by atoms with Crippen molar-refractivity contribution in [3.8, 4) is 0 Å². The van der Waals surface area contributed by atoms with E-state index >= 15 is 0 Å². The van der Waals surface area contributed by atoms with Gasteiger partial charge in [-0.3, -0.25) is 0 Å². The second-order valence-corrected chi connectivity index (χ2v) is 7.01. The molecule has 3 nitrogen and oxygen atoms in total. The van der Waals surface area contributed by atoms with Crippen LogP contribution in [-0.4, -0.2) is 31.5 Å². The van der Waals surface area contributed by atoms with E-state index in [9.17, 15) is 0 Å². The first-order chi connectivity index (χ1) is 9.93. The van der Waals surface area contributed by atoms with E-state index in [0.717, 1.165) is 31.5 Å². The van der Waals surface area contributed by atoms with E-state index in [1.807, 2.05) is 0 Å². The third-order valence-corrected chi connectivity index (χ3v) is 5.20. The number of ether oxygens (including phenoxy) is 1. The molecule has 0 saturated carbocycles. The summed E-state index contributed by atoms with van der Waals surface area (Å²) in [4.78, 5) is 0. The van der Waals surface area contributed by atoms with Crippen LogP contribution in [0.15, 0.2) is 24.3 Å². The lowest BCUT2D eigenvalue weighted by molar-refractivity contribution is -0.0312. The van der Waals surface area contributed by atoms with E-state index in [0.29, 0.717) is 5.92 Å². The van der Waals surface area contributed by atoms with E-state index < -0.39 is 0 Å². The molecular weight excluding hydrogens is 263 g/mol. The zero-order valence-corrected chi connectivity index (χ0v) is 13.5. The van der Waals surface area contributed by atoms with Crippen LogP contribution in [0.2, 0.25) is 0 Å². The Bertz CT molecular complexity index is 495. The van der Waals surface area contributed by atoms with E-state index in [2.05, 4.69) is 52.0 Å². The van der Waals surface area contributed by atoms with Gasteiger partial charge in [-0.1, -0.05) is 31.2 Å². The van der Waals surface area contributed by atoms with Crippen LogP contribution < -0.4 is 5.46 Å². The molecule has 0 amide bonds. The van der Waals surface area contributed by atoms with Crippen LogP contribution in [0, 0.1) is 5.92 Å². The minimum atomic E-state index is -0.269. The van der Waals surface area contributed by atoms with Gasteiger partial charge in [-0.05, 0) is 44.6 Å². The van der Waals surface area contributed by atoms with Gasteiger partial charge in [0.05, 0.1) is 24.4 Å². The quantitative estimate of drug-likeness (QED) is 0.797. The van der Waals surface area contributed by atoms with Gasteiger partial charge < -0.3 is 14.0 Å². The molecule has 2 heterocycles. The summed E-state index contributed by atoms with van der Waals surface area (Å²) in [6.45, 7) is 10.3. The summed E-state index contributed by atoms with van der Waals surface area (Å²) in [6.07, 6.45) is 2.04. The van der Waals surface area contributed by atoms with Gasteiger partial charge >= 0.3 is 7.12 Å². The smallest absolute Gasteiger partial charge is 0.399 e. The second kappa shape index (κ2) is 5.42. The Morgan fingerprint density at radius 3 is 2.24 bits per heavy atom. The molecule has 2 aliphatic heterocycles. The van der Waals surface area contributed by atoms with Gasteiger partial charge in [0.1, 0.15) is 0 Å². The Hall–Kier alpha value is -0.835. The molecule has 4 heteroatoms. The Labute approximate surface area is 128 Å². The Morgan fingerprint density at radius 1 is 1.10 bits per heavy atom. The molecule has 1 atom stereocenters. The molecule has 3 rings (SSSR count). The third-order valence-electron chi connectivity index (χ3n) is 5.20. The number of benzene rings is 1. The monoisotopic (exact) mass is 288 g/mol. The molecule has 1 aromatic carbocycles. The first kappa shape index (κ1) is 15.1. The van der Waals surface area contributed by atoms with Crippen molar-refractivity contribution in [2.24, 2.45) is 5.92 Å². The van der Waals surface area contributed by atoms with Crippen LogP contribution in [0.1, 0.15) is 39.7 Å². The maximum atomic E-state index is 6.21. The number of hydrogen-bond donors (Lipinski definition) is 0. The fourth-order valence-electron chi connectivity index (χ4n) is 2.99. The number of rotatable bonds is 4. The average molecular weight is 288 g/mol. The Kier molecular flexibility index (Phi) is 3.89. The molecule has 0 bridgehead atoms. The predicted molar refractivity (Wildman–Crippen MR) is 84.8 cm³/mol. The largest absolute Gasteiger partial charge is 0.494 e. The van der Waals surface area contributed by atoms with Crippen LogP contribution in [0.3, 0.4) is 0 Å². The molecule has 0 spiro atoms. The molecule has 2 saturated heterocycles. The van der Waals surface area contributed by atoms with Gasteiger partial charge in [0.2, 0.25) is 0 Å². The number of hydrogen-bond acceptors (Lipinski definition) is 3. The molecule has 1 unspecified atom stereocenters. The van der Waals surface area contributed by atoms with Crippen molar-refractivity contribution in [3.63, 3.8) is 0 Å². The standard InChI is InChI=1S/C17H25BO3/c1-5-17(4)16(2,3)20-18(21-17)15-8-6-13(7-9-15)10-14-11-19-12-14/h6-9,14H,5,10-12H2,1-4H3. The maximum Gasteiger partial charge on any atom is 0.494 e. The molecule has 1 aromatic rings. The lowest BCUT2D eigenvalue weighted by atomic mass is 9.78. The molecule has 2 aliphatic rings. The van der Waals surface area contributed by atoms with E-state index in [1.54, 1.807) is 0 Å². The summed E-state index contributed by atoms with van der Waals surface area (Å²) >= 11 is 0. The van der Waals surface area contributed by atoms with Crippen molar-refractivity contribution in [1.29, 1.82) is 0 Å². The third kappa shape index (κ3) is 2.77. The van der Waals surface area contributed by atoms with Gasteiger partial charge in [0.25, 0.3) is 0 Å². The van der Waals surface area contributed by atoms with Crippen LogP contribution >= 0.6 is 0 Å². The van der Waals surface area contributed by atoms with E-state index in [4.69, 9.17) is 14.0 Å². The highest BCUT2D eigenvalue weighted by Gasteiger charge is 2.53. The first-order valence-corrected chi connectivity index (χ1v) is 7.96. The van der Waals surface area contributed by atoms with Crippen molar-refractivity contribution in [2.75, 3.05) is 13.2 Å². The minimum absolute atomic E-state index is 0.237. The molecule has 21 heavy (non-hydrogen) atoms. The van der Waals surface area contributed by atoms with E-state index in [-0.39, 0.29) is 18.3 Å². The van der Waals surface area contributed by atoms with Crippen LogP contribution in [-0.2, 0) is 20.5 Å². The molecule has 0 N–H and O–H groups in total. The predicted octanol–water partition coefficient (Wildman–Crippen LogP) is 2.56. The summed E-state index contributed by atoms with van der Waals surface area (Å²) < 4.78 is 17.6. The molecule has 0 aliphatic carbocycles. The molecular formula is C17H25BO3. The highest BCUT2D eigenvalue weighted by atomic mass is 16.7. The summed E-state index contributed by atoms with van der Waals surface area (Å²) in [5.41, 5.74) is 1.96. The van der Waals surface area contributed by atoms with Gasteiger partial charge in [0.15, 0.2) is 0 Å². The Morgan fingerprint density at radius 2 is 1.76 bits per heavy atom. The molecule has 2 fully saturated rings. The van der Waals surface area contributed by atoms with Crippen molar-refractivity contribution in [3.05, 3.63) is 29.8 Å². The molecule has 0 aromatic heterocycles. The fourth-order valence-corrected chi connectivity index (χ4v) is 2.99.